The molecule has 0 saturated heterocycles. The van der Waals surface area contributed by atoms with Crippen LogP contribution in [0.15, 0.2) is 36.4 Å². The van der Waals surface area contributed by atoms with Crippen molar-refractivity contribution >= 4 is 40.9 Å². The smallest absolute Gasteiger partial charge is 0.262 e. The minimum Gasteiger partial charge on any atom is -0.350 e. The van der Waals surface area contributed by atoms with Crippen LogP contribution in [0.1, 0.15) is 33.2 Å². The van der Waals surface area contributed by atoms with Crippen LogP contribution in [0.2, 0.25) is 10.0 Å². The second-order valence-corrected chi connectivity index (χ2v) is 6.59. The molecule has 8 heteroatoms. The van der Waals surface area contributed by atoms with Gasteiger partial charge in [0.15, 0.2) is 0 Å². The summed E-state index contributed by atoms with van der Waals surface area (Å²) in [5.41, 5.74) is 0.491. The maximum absolute atomic E-state index is 13.6. The molecular weight excluding hydrogens is 382 g/mol. The minimum atomic E-state index is -1.08. The van der Waals surface area contributed by atoms with Crippen LogP contribution in [0.4, 0.5) is 4.39 Å². The largest absolute Gasteiger partial charge is 0.350 e. The molecule has 5 nitrogen and oxygen atoms in total. The highest BCUT2D eigenvalue weighted by molar-refractivity contribution is 6.43. The molecule has 3 amide bonds. The number of nitrogens with zero attached hydrogens (tertiary/aromatic N) is 1. The molecule has 26 heavy (non-hydrogen) atoms. The Morgan fingerprint density at radius 3 is 2.19 bits per heavy atom. The van der Waals surface area contributed by atoms with Crippen LogP contribution in [0, 0.1) is 5.82 Å². The van der Waals surface area contributed by atoms with Crippen molar-refractivity contribution in [3.05, 3.63) is 69.0 Å². The number of halogens is 3. The van der Waals surface area contributed by atoms with Crippen LogP contribution in [-0.2, 0) is 11.3 Å². The van der Waals surface area contributed by atoms with Crippen molar-refractivity contribution in [2.45, 2.75) is 19.5 Å². The molecule has 0 fully saturated rings. The van der Waals surface area contributed by atoms with E-state index < -0.39 is 29.6 Å². The zero-order valence-electron chi connectivity index (χ0n) is 13.6. The predicted molar refractivity (Wildman–Crippen MR) is 94.7 cm³/mol. The number of benzene rings is 2. The van der Waals surface area contributed by atoms with Gasteiger partial charge in [0, 0.05) is 12.1 Å². The lowest BCUT2D eigenvalue weighted by atomic mass is 10.1. The van der Waals surface area contributed by atoms with E-state index in [1.165, 1.54) is 31.2 Å². The fraction of sp³-hybridized carbons (Fsp3) is 0.167. The van der Waals surface area contributed by atoms with Gasteiger partial charge in [-0.05, 0) is 25.1 Å². The highest BCUT2D eigenvalue weighted by atomic mass is 35.5. The molecule has 1 N–H and O–H groups in total. The van der Waals surface area contributed by atoms with Gasteiger partial charge in [-0.3, -0.25) is 19.3 Å². The third-order valence-electron chi connectivity index (χ3n) is 4.14. The second-order valence-electron chi connectivity index (χ2n) is 5.78. The summed E-state index contributed by atoms with van der Waals surface area (Å²) >= 11 is 11.8. The fourth-order valence-electron chi connectivity index (χ4n) is 2.69. The van der Waals surface area contributed by atoms with E-state index in [0.29, 0.717) is 5.56 Å². The SMILES string of the molecule is CC(C(=O)NCc1ccccc1F)N1C(=O)c2cc(Cl)c(Cl)cc2C1=O. The summed E-state index contributed by atoms with van der Waals surface area (Å²) in [6.07, 6.45) is 0. The van der Waals surface area contributed by atoms with Crippen LogP contribution in [0.25, 0.3) is 0 Å². The van der Waals surface area contributed by atoms with Gasteiger partial charge in [-0.2, -0.15) is 0 Å². The minimum absolute atomic E-state index is 0.0589. The van der Waals surface area contributed by atoms with Crippen molar-refractivity contribution < 1.29 is 18.8 Å². The van der Waals surface area contributed by atoms with E-state index in [1.807, 2.05) is 0 Å². The van der Waals surface area contributed by atoms with Crippen LogP contribution in [0.5, 0.6) is 0 Å². The predicted octanol–water partition coefficient (Wildman–Crippen LogP) is 3.43. The Labute approximate surface area is 158 Å². The summed E-state index contributed by atoms with van der Waals surface area (Å²) in [7, 11) is 0. The highest BCUT2D eigenvalue weighted by Gasteiger charge is 2.41. The number of carbonyl (C=O) groups is 3. The maximum atomic E-state index is 13.6. The van der Waals surface area contributed by atoms with Crippen molar-refractivity contribution in [1.82, 2.24) is 10.2 Å². The van der Waals surface area contributed by atoms with E-state index in [4.69, 9.17) is 23.2 Å². The van der Waals surface area contributed by atoms with Crippen molar-refractivity contribution in [1.29, 1.82) is 0 Å². The normalized spacial score (nSPS) is 14.4. The van der Waals surface area contributed by atoms with Gasteiger partial charge in [0.2, 0.25) is 5.91 Å². The number of amides is 3. The Kier molecular flexibility index (Phi) is 4.98. The van der Waals surface area contributed by atoms with Crippen LogP contribution < -0.4 is 5.32 Å². The van der Waals surface area contributed by atoms with Crippen molar-refractivity contribution in [2.75, 3.05) is 0 Å². The molecule has 3 rings (SSSR count). The second kappa shape index (κ2) is 7.05. The molecule has 2 aromatic rings. The number of hydrogen-bond acceptors (Lipinski definition) is 3. The molecule has 0 aromatic heterocycles. The first-order valence-electron chi connectivity index (χ1n) is 7.69. The number of fused-ring (bicyclic) bond motifs is 1. The first-order chi connectivity index (χ1) is 12.3. The van der Waals surface area contributed by atoms with Gasteiger partial charge >= 0.3 is 0 Å². The average molecular weight is 395 g/mol. The molecule has 1 aliphatic heterocycles. The quantitative estimate of drug-likeness (QED) is 0.807. The topological polar surface area (TPSA) is 66.5 Å². The number of hydrogen-bond donors (Lipinski definition) is 1. The first-order valence-corrected chi connectivity index (χ1v) is 8.45. The summed E-state index contributed by atoms with van der Waals surface area (Å²) < 4.78 is 13.6. The van der Waals surface area contributed by atoms with E-state index in [2.05, 4.69) is 5.32 Å². The van der Waals surface area contributed by atoms with Gasteiger partial charge in [0.25, 0.3) is 11.8 Å². The number of carbonyl (C=O) groups excluding carboxylic acids is 3. The molecule has 1 heterocycles. The number of rotatable bonds is 4. The maximum Gasteiger partial charge on any atom is 0.262 e. The van der Waals surface area contributed by atoms with Gasteiger partial charge in [-0.1, -0.05) is 41.4 Å². The fourth-order valence-corrected chi connectivity index (χ4v) is 3.02. The van der Waals surface area contributed by atoms with Gasteiger partial charge in [0.05, 0.1) is 21.2 Å². The van der Waals surface area contributed by atoms with E-state index >= 15 is 0 Å². The molecule has 1 atom stereocenters. The Balaban J connectivity index is 1.76. The third-order valence-corrected chi connectivity index (χ3v) is 4.86. The van der Waals surface area contributed by atoms with Gasteiger partial charge in [0.1, 0.15) is 11.9 Å². The standard InChI is InChI=1S/C18H13Cl2FN2O3/c1-9(16(24)22-8-10-4-2-3-5-15(10)21)23-17(25)11-6-13(19)14(20)7-12(11)18(23)26/h2-7,9H,8H2,1H3,(H,22,24). The molecular formula is C18H13Cl2FN2O3. The zero-order valence-corrected chi connectivity index (χ0v) is 15.1. The van der Waals surface area contributed by atoms with Crippen molar-refractivity contribution in [3.8, 4) is 0 Å². The molecule has 0 saturated carbocycles. The van der Waals surface area contributed by atoms with Crippen molar-refractivity contribution in [3.63, 3.8) is 0 Å². The summed E-state index contributed by atoms with van der Waals surface area (Å²) in [6.45, 7) is 1.36. The Hall–Kier alpha value is -2.44. The Morgan fingerprint density at radius 2 is 1.65 bits per heavy atom. The monoisotopic (exact) mass is 394 g/mol. The average Bonchev–Trinajstić information content (AvgIpc) is 2.84. The van der Waals surface area contributed by atoms with Gasteiger partial charge in [-0.25, -0.2) is 4.39 Å². The molecule has 0 bridgehead atoms. The lowest BCUT2D eigenvalue weighted by Crippen LogP contribution is -2.47. The van der Waals surface area contributed by atoms with Crippen LogP contribution in [0.3, 0.4) is 0 Å². The van der Waals surface area contributed by atoms with E-state index in [9.17, 15) is 18.8 Å². The summed E-state index contributed by atoms with van der Waals surface area (Å²) in [6, 6.07) is 7.54. The van der Waals surface area contributed by atoms with Crippen LogP contribution in [-0.4, -0.2) is 28.7 Å². The zero-order chi connectivity index (χ0) is 19.0. The summed E-state index contributed by atoms with van der Waals surface area (Å²) in [5.74, 6) is -2.29. The van der Waals surface area contributed by atoms with Crippen LogP contribution >= 0.6 is 23.2 Å². The van der Waals surface area contributed by atoms with E-state index in [0.717, 1.165) is 4.90 Å². The van der Waals surface area contributed by atoms with E-state index in [1.54, 1.807) is 12.1 Å². The lowest BCUT2D eigenvalue weighted by molar-refractivity contribution is -0.124. The molecule has 0 spiro atoms. The molecule has 1 unspecified atom stereocenters. The molecule has 1 aliphatic rings. The first kappa shape index (κ1) is 18.4. The highest BCUT2D eigenvalue weighted by Crippen LogP contribution is 2.32. The Morgan fingerprint density at radius 1 is 1.12 bits per heavy atom. The molecule has 0 radical (unpaired) electrons. The van der Waals surface area contributed by atoms with Gasteiger partial charge < -0.3 is 5.32 Å². The molecule has 0 aliphatic carbocycles. The van der Waals surface area contributed by atoms with Crippen molar-refractivity contribution in [2.24, 2.45) is 0 Å². The molecule has 2 aromatic carbocycles. The summed E-state index contributed by atoms with van der Waals surface area (Å²) in [4.78, 5) is 38.2. The van der Waals surface area contributed by atoms with E-state index in [-0.39, 0.29) is 27.7 Å². The third kappa shape index (κ3) is 3.18. The summed E-state index contributed by atoms with van der Waals surface area (Å²) in [5, 5.41) is 2.82. The lowest BCUT2D eigenvalue weighted by Gasteiger charge is -2.21. The van der Waals surface area contributed by atoms with Gasteiger partial charge in [-0.15, -0.1) is 0 Å². The number of imide groups is 1. The molecule has 134 valence electrons. The Bertz CT molecular complexity index is 892. The number of nitrogens with one attached hydrogen (secondary N) is 1.